The number of hydrogen-bond donors (Lipinski definition) is 2. The predicted molar refractivity (Wildman–Crippen MR) is 69.7 cm³/mol. The standard InChI is InChI=1S/C13H18FN3O/c1-17(7-9-2-3-9)8-13(18)16-12-6-10(15)4-5-11(12)14/h4-6,9H,2-3,7-8,15H2,1H3,(H,16,18). The molecular formula is C13H18FN3O. The van der Waals surface area contributed by atoms with Crippen LogP contribution in [-0.2, 0) is 4.79 Å². The van der Waals surface area contributed by atoms with Gasteiger partial charge in [-0.3, -0.25) is 9.69 Å². The van der Waals surface area contributed by atoms with E-state index in [1.54, 1.807) is 0 Å². The summed E-state index contributed by atoms with van der Waals surface area (Å²) in [6.07, 6.45) is 2.49. The van der Waals surface area contributed by atoms with Gasteiger partial charge in [0.15, 0.2) is 0 Å². The first-order valence-electron chi connectivity index (χ1n) is 6.08. The van der Waals surface area contributed by atoms with E-state index in [1.807, 2.05) is 11.9 Å². The number of nitrogens with one attached hydrogen (secondary N) is 1. The van der Waals surface area contributed by atoms with Gasteiger partial charge in [-0.15, -0.1) is 0 Å². The maximum atomic E-state index is 13.4. The Morgan fingerprint density at radius 1 is 1.56 bits per heavy atom. The minimum Gasteiger partial charge on any atom is -0.399 e. The van der Waals surface area contributed by atoms with Crippen LogP contribution in [0.4, 0.5) is 15.8 Å². The zero-order chi connectivity index (χ0) is 13.1. The van der Waals surface area contributed by atoms with Gasteiger partial charge in [0.2, 0.25) is 5.91 Å². The monoisotopic (exact) mass is 251 g/mol. The maximum Gasteiger partial charge on any atom is 0.238 e. The van der Waals surface area contributed by atoms with Gasteiger partial charge < -0.3 is 11.1 Å². The minimum absolute atomic E-state index is 0.139. The van der Waals surface area contributed by atoms with Crippen LogP contribution in [0.3, 0.4) is 0 Å². The Bertz CT molecular complexity index is 446. The van der Waals surface area contributed by atoms with Crippen molar-refractivity contribution in [2.24, 2.45) is 5.92 Å². The highest BCUT2D eigenvalue weighted by atomic mass is 19.1. The van der Waals surface area contributed by atoms with E-state index >= 15 is 0 Å². The molecule has 4 nitrogen and oxygen atoms in total. The van der Waals surface area contributed by atoms with Crippen molar-refractivity contribution in [1.82, 2.24) is 4.90 Å². The fourth-order valence-corrected chi connectivity index (χ4v) is 1.88. The molecule has 0 saturated heterocycles. The molecule has 18 heavy (non-hydrogen) atoms. The summed E-state index contributed by atoms with van der Waals surface area (Å²) < 4.78 is 13.4. The van der Waals surface area contributed by atoms with Crippen LogP contribution in [0, 0.1) is 11.7 Å². The lowest BCUT2D eigenvalue weighted by Crippen LogP contribution is -2.31. The molecule has 1 aromatic rings. The van der Waals surface area contributed by atoms with Crippen molar-refractivity contribution < 1.29 is 9.18 Å². The minimum atomic E-state index is -0.470. The van der Waals surface area contributed by atoms with Gasteiger partial charge in [0.05, 0.1) is 12.2 Å². The van der Waals surface area contributed by atoms with Crippen molar-refractivity contribution in [3.63, 3.8) is 0 Å². The molecule has 0 bridgehead atoms. The van der Waals surface area contributed by atoms with Crippen LogP contribution in [0.2, 0.25) is 0 Å². The highest BCUT2D eigenvalue weighted by molar-refractivity contribution is 5.92. The lowest BCUT2D eigenvalue weighted by molar-refractivity contribution is -0.117. The smallest absolute Gasteiger partial charge is 0.238 e. The number of hydrogen-bond acceptors (Lipinski definition) is 3. The van der Waals surface area contributed by atoms with Crippen molar-refractivity contribution in [1.29, 1.82) is 0 Å². The summed E-state index contributed by atoms with van der Waals surface area (Å²) in [6.45, 7) is 1.19. The summed E-state index contributed by atoms with van der Waals surface area (Å²) in [5.74, 6) is 0.0388. The molecule has 1 aromatic carbocycles. The van der Waals surface area contributed by atoms with Gasteiger partial charge in [-0.25, -0.2) is 4.39 Å². The molecule has 0 atom stereocenters. The van der Waals surface area contributed by atoms with E-state index in [2.05, 4.69) is 5.32 Å². The van der Waals surface area contributed by atoms with Crippen LogP contribution >= 0.6 is 0 Å². The van der Waals surface area contributed by atoms with E-state index in [1.165, 1.54) is 31.0 Å². The lowest BCUT2D eigenvalue weighted by Gasteiger charge is -2.16. The topological polar surface area (TPSA) is 58.4 Å². The average Bonchev–Trinajstić information content (AvgIpc) is 3.07. The third kappa shape index (κ3) is 3.70. The number of anilines is 2. The number of halogens is 1. The van der Waals surface area contributed by atoms with Crippen molar-refractivity contribution in [3.05, 3.63) is 24.0 Å². The molecule has 1 aliphatic rings. The average molecular weight is 251 g/mol. The molecule has 3 N–H and O–H groups in total. The second-order valence-electron chi connectivity index (χ2n) is 4.93. The number of benzene rings is 1. The molecule has 0 aromatic heterocycles. The van der Waals surface area contributed by atoms with Crippen LogP contribution < -0.4 is 11.1 Å². The Morgan fingerprint density at radius 3 is 2.94 bits per heavy atom. The largest absolute Gasteiger partial charge is 0.399 e. The Morgan fingerprint density at radius 2 is 2.28 bits per heavy atom. The zero-order valence-electron chi connectivity index (χ0n) is 10.4. The molecule has 0 unspecified atom stereocenters. The number of likely N-dealkylation sites (N-methyl/N-ethyl adjacent to an activating group) is 1. The third-order valence-electron chi connectivity index (χ3n) is 2.94. The first-order valence-corrected chi connectivity index (χ1v) is 6.08. The molecule has 2 rings (SSSR count). The molecule has 1 aliphatic carbocycles. The predicted octanol–water partition coefficient (Wildman–Crippen LogP) is 1.69. The van der Waals surface area contributed by atoms with Crippen LogP contribution in [0.1, 0.15) is 12.8 Å². The molecule has 0 heterocycles. The zero-order valence-corrected chi connectivity index (χ0v) is 10.4. The van der Waals surface area contributed by atoms with Crippen molar-refractivity contribution in [2.45, 2.75) is 12.8 Å². The number of nitrogen functional groups attached to an aromatic ring is 1. The van der Waals surface area contributed by atoms with Crippen LogP contribution in [-0.4, -0.2) is 30.9 Å². The summed E-state index contributed by atoms with van der Waals surface area (Å²) in [4.78, 5) is 13.7. The molecule has 0 spiro atoms. The maximum absolute atomic E-state index is 13.4. The van der Waals surface area contributed by atoms with Gasteiger partial charge in [-0.05, 0) is 44.0 Å². The summed E-state index contributed by atoms with van der Waals surface area (Å²) in [7, 11) is 1.90. The quantitative estimate of drug-likeness (QED) is 0.783. The van der Waals surface area contributed by atoms with E-state index < -0.39 is 5.82 Å². The van der Waals surface area contributed by atoms with Crippen LogP contribution in [0.25, 0.3) is 0 Å². The molecule has 0 aliphatic heterocycles. The number of carbonyl (C=O) groups excluding carboxylic acids is 1. The van der Waals surface area contributed by atoms with E-state index in [4.69, 9.17) is 5.73 Å². The second-order valence-corrected chi connectivity index (χ2v) is 4.93. The van der Waals surface area contributed by atoms with Gasteiger partial charge in [-0.2, -0.15) is 0 Å². The molecule has 5 heteroatoms. The highest BCUT2D eigenvalue weighted by Crippen LogP contribution is 2.29. The second kappa shape index (κ2) is 5.35. The Kier molecular flexibility index (Phi) is 3.81. The van der Waals surface area contributed by atoms with Gasteiger partial charge in [0.1, 0.15) is 5.82 Å². The SMILES string of the molecule is CN(CC(=O)Nc1cc(N)ccc1F)CC1CC1. The molecule has 1 amide bonds. The Hall–Kier alpha value is -1.62. The summed E-state index contributed by atoms with van der Waals surface area (Å²) in [6, 6.07) is 4.14. The number of rotatable bonds is 5. The summed E-state index contributed by atoms with van der Waals surface area (Å²) >= 11 is 0. The van der Waals surface area contributed by atoms with Crippen molar-refractivity contribution in [2.75, 3.05) is 31.2 Å². The van der Waals surface area contributed by atoms with Gasteiger partial charge in [0.25, 0.3) is 0 Å². The van der Waals surface area contributed by atoms with E-state index in [0.717, 1.165) is 12.5 Å². The summed E-state index contributed by atoms with van der Waals surface area (Å²) in [5, 5.41) is 2.54. The number of nitrogens with zero attached hydrogens (tertiary/aromatic N) is 1. The normalized spacial score (nSPS) is 14.8. The molecular weight excluding hydrogens is 233 g/mol. The van der Waals surface area contributed by atoms with Crippen LogP contribution in [0.15, 0.2) is 18.2 Å². The Balaban J connectivity index is 1.87. The van der Waals surface area contributed by atoms with Gasteiger partial charge in [-0.1, -0.05) is 0 Å². The number of carbonyl (C=O) groups is 1. The first kappa shape index (κ1) is 12.8. The third-order valence-corrected chi connectivity index (χ3v) is 2.94. The molecule has 0 radical (unpaired) electrons. The van der Waals surface area contributed by atoms with Crippen molar-refractivity contribution >= 4 is 17.3 Å². The number of amides is 1. The molecule has 1 saturated carbocycles. The van der Waals surface area contributed by atoms with Gasteiger partial charge in [0, 0.05) is 12.2 Å². The van der Waals surface area contributed by atoms with Gasteiger partial charge >= 0.3 is 0 Å². The highest BCUT2D eigenvalue weighted by Gasteiger charge is 2.23. The number of nitrogens with two attached hydrogens (primary N) is 1. The fourth-order valence-electron chi connectivity index (χ4n) is 1.88. The Labute approximate surface area is 106 Å². The van der Waals surface area contributed by atoms with E-state index in [9.17, 15) is 9.18 Å². The molecule has 1 fully saturated rings. The van der Waals surface area contributed by atoms with Crippen LogP contribution in [0.5, 0.6) is 0 Å². The van der Waals surface area contributed by atoms with E-state index in [0.29, 0.717) is 5.69 Å². The first-order chi connectivity index (χ1) is 8.54. The van der Waals surface area contributed by atoms with E-state index in [-0.39, 0.29) is 18.1 Å². The van der Waals surface area contributed by atoms with Crippen molar-refractivity contribution in [3.8, 4) is 0 Å². The fraction of sp³-hybridized carbons (Fsp3) is 0.462. The molecule has 98 valence electrons. The summed E-state index contributed by atoms with van der Waals surface area (Å²) in [5.41, 5.74) is 6.12. The lowest BCUT2D eigenvalue weighted by atomic mass is 10.2.